The first-order valence-electron chi connectivity index (χ1n) is 5.69. The van der Waals surface area contributed by atoms with Crippen LogP contribution in [-0.2, 0) is 0 Å². The average Bonchev–Trinajstić information content (AvgIpc) is 2.14. The van der Waals surface area contributed by atoms with Crippen molar-refractivity contribution >= 4 is 0 Å². The van der Waals surface area contributed by atoms with E-state index >= 15 is 0 Å². The third kappa shape index (κ3) is 2.04. The van der Waals surface area contributed by atoms with Crippen LogP contribution in [0.15, 0.2) is 24.3 Å². The van der Waals surface area contributed by atoms with Crippen molar-refractivity contribution < 1.29 is 0 Å². The van der Waals surface area contributed by atoms with Gasteiger partial charge in [0.05, 0.1) is 0 Å². The third-order valence-electron chi connectivity index (χ3n) is 3.68. The van der Waals surface area contributed by atoms with Gasteiger partial charge >= 0.3 is 0 Å². The van der Waals surface area contributed by atoms with Crippen LogP contribution in [0.25, 0.3) is 0 Å². The molecule has 0 amide bonds. The third-order valence-corrected chi connectivity index (χ3v) is 3.68. The fraction of sp³-hybridized carbons (Fsp3) is 0.692. The lowest BCUT2D eigenvalue weighted by Gasteiger charge is -2.33. The molecule has 0 aliphatic heterocycles. The summed E-state index contributed by atoms with van der Waals surface area (Å²) in [7, 11) is 0. The topological polar surface area (TPSA) is 0 Å². The average molecular weight is 176 g/mol. The Kier molecular flexibility index (Phi) is 2.87. The molecule has 0 aromatic rings. The summed E-state index contributed by atoms with van der Waals surface area (Å²) in [5.41, 5.74) is 0. The summed E-state index contributed by atoms with van der Waals surface area (Å²) in [5, 5.41) is 0. The molecule has 0 bridgehead atoms. The molecule has 0 N–H and O–H groups in total. The molecule has 0 saturated heterocycles. The van der Waals surface area contributed by atoms with Gasteiger partial charge in [-0.3, -0.25) is 0 Å². The van der Waals surface area contributed by atoms with Gasteiger partial charge in [-0.25, -0.2) is 0 Å². The first kappa shape index (κ1) is 9.05. The van der Waals surface area contributed by atoms with Crippen LogP contribution in [0.4, 0.5) is 0 Å². The van der Waals surface area contributed by atoms with Crippen molar-refractivity contribution in [3.05, 3.63) is 24.3 Å². The van der Waals surface area contributed by atoms with Crippen LogP contribution in [0.2, 0.25) is 0 Å². The van der Waals surface area contributed by atoms with Crippen molar-refractivity contribution in [2.45, 2.75) is 39.0 Å². The molecule has 0 heterocycles. The minimum absolute atomic E-state index is 0.801. The molecule has 13 heavy (non-hydrogen) atoms. The van der Waals surface area contributed by atoms with Gasteiger partial charge in [-0.15, -0.1) is 0 Å². The fourth-order valence-electron chi connectivity index (χ4n) is 2.82. The van der Waals surface area contributed by atoms with Crippen molar-refractivity contribution in [3.8, 4) is 0 Å². The minimum Gasteiger partial charge on any atom is -0.0883 e. The van der Waals surface area contributed by atoms with Crippen LogP contribution in [0.3, 0.4) is 0 Å². The van der Waals surface area contributed by atoms with Crippen LogP contribution in [0.5, 0.6) is 0 Å². The lowest BCUT2D eigenvalue weighted by atomic mass is 9.72. The molecule has 2 rings (SSSR count). The molecule has 0 aromatic carbocycles. The van der Waals surface area contributed by atoms with Gasteiger partial charge in [-0.2, -0.15) is 0 Å². The summed E-state index contributed by atoms with van der Waals surface area (Å²) in [6.07, 6.45) is 16.4. The van der Waals surface area contributed by atoms with E-state index in [9.17, 15) is 0 Å². The SMILES string of the molecule is CC1C=CCCCC2CC=CCC12. The van der Waals surface area contributed by atoms with Gasteiger partial charge in [0.2, 0.25) is 0 Å². The molecule has 0 aromatic heterocycles. The Labute approximate surface area is 81.7 Å². The highest BCUT2D eigenvalue weighted by atomic mass is 14.3. The Bertz CT molecular complexity index is 212. The summed E-state index contributed by atoms with van der Waals surface area (Å²) < 4.78 is 0. The monoisotopic (exact) mass is 176 g/mol. The van der Waals surface area contributed by atoms with Crippen molar-refractivity contribution in [2.24, 2.45) is 17.8 Å². The van der Waals surface area contributed by atoms with Crippen LogP contribution in [0.1, 0.15) is 39.0 Å². The van der Waals surface area contributed by atoms with Crippen LogP contribution in [0, 0.1) is 17.8 Å². The Hall–Kier alpha value is -0.520. The second-order valence-corrected chi connectivity index (χ2v) is 4.58. The molecule has 0 heteroatoms. The number of rotatable bonds is 0. The van der Waals surface area contributed by atoms with Crippen LogP contribution < -0.4 is 0 Å². The van der Waals surface area contributed by atoms with E-state index in [4.69, 9.17) is 0 Å². The molecular formula is C13H20. The smallest absolute Gasteiger partial charge is 0.0228 e. The van der Waals surface area contributed by atoms with Crippen LogP contribution in [-0.4, -0.2) is 0 Å². The molecular weight excluding hydrogens is 156 g/mol. The summed E-state index contributed by atoms with van der Waals surface area (Å²) in [6, 6.07) is 0. The van der Waals surface area contributed by atoms with E-state index in [0.29, 0.717) is 0 Å². The van der Waals surface area contributed by atoms with Gasteiger partial charge in [-0.05, 0) is 49.9 Å². The molecule has 0 radical (unpaired) electrons. The van der Waals surface area contributed by atoms with E-state index in [0.717, 1.165) is 17.8 Å². The van der Waals surface area contributed by atoms with Crippen LogP contribution >= 0.6 is 0 Å². The Balaban J connectivity index is 2.11. The lowest BCUT2D eigenvalue weighted by molar-refractivity contribution is 0.243. The van der Waals surface area contributed by atoms with E-state index in [1.54, 1.807) is 0 Å². The highest BCUT2D eigenvalue weighted by Gasteiger charge is 2.26. The Morgan fingerprint density at radius 1 is 1.08 bits per heavy atom. The molecule has 0 saturated carbocycles. The van der Waals surface area contributed by atoms with Gasteiger partial charge in [-0.1, -0.05) is 31.2 Å². The van der Waals surface area contributed by atoms with Gasteiger partial charge < -0.3 is 0 Å². The Morgan fingerprint density at radius 3 is 2.85 bits per heavy atom. The second kappa shape index (κ2) is 4.13. The minimum atomic E-state index is 0.801. The standard InChI is InChI=1S/C13H20/c1-11-7-3-2-4-8-12-9-5-6-10-13(11)12/h3,5-7,11-13H,2,4,8-10H2,1H3. The maximum Gasteiger partial charge on any atom is -0.0228 e. The van der Waals surface area contributed by atoms with E-state index in [1.165, 1.54) is 32.1 Å². The second-order valence-electron chi connectivity index (χ2n) is 4.58. The summed E-state index contributed by atoms with van der Waals surface area (Å²) in [4.78, 5) is 0. The molecule has 2 aliphatic carbocycles. The predicted octanol–water partition coefficient (Wildman–Crippen LogP) is 3.95. The maximum atomic E-state index is 2.44. The first-order valence-corrected chi connectivity index (χ1v) is 5.69. The quantitative estimate of drug-likeness (QED) is 0.490. The predicted molar refractivity (Wildman–Crippen MR) is 57.5 cm³/mol. The van der Waals surface area contributed by atoms with Gasteiger partial charge in [0.1, 0.15) is 0 Å². The van der Waals surface area contributed by atoms with Gasteiger partial charge in [0.15, 0.2) is 0 Å². The lowest BCUT2D eigenvalue weighted by Crippen LogP contribution is -2.23. The van der Waals surface area contributed by atoms with E-state index in [2.05, 4.69) is 31.2 Å². The highest BCUT2D eigenvalue weighted by Crippen LogP contribution is 2.36. The van der Waals surface area contributed by atoms with Gasteiger partial charge in [0.25, 0.3) is 0 Å². The zero-order chi connectivity index (χ0) is 9.10. The fourth-order valence-corrected chi connectivity index (χ4v) is 2.82. The first-order chi connectivity index (χ1) is 6.38. The number of hydrogen-bond acceptors (Lipinski definition) is 0. The number of allylic oxidation sites excluding steroid dienone is 4. The number of fused-ring (bicyclic) bond motifs is 1. The van der Waals surface area contributed by atoms with Crippen molar-refractivity contribution in [1.82, 2.24) is 0 Å². The zero-order valence-electron chi connectivity index (χ0n) is 8.58. The zero-order valence-corrected chi connectivity index (χ0v) is 8.58. The molecule has 3 atom stereocenters. The summed E-state index contributed by atoms with van der Waals surface area (Å²) >= 11 is 0. The normalized spacial score (nSPS) is 39.3. The van der Waals surface area contributed by atoms with Crippen molar-refractivity contribution in [2.75, 3.05) is 0 Å². The molecule has 2 aliphatic rings. The molecule has 72 valence electrons. The number of hydrogen-bond donors (Lipinski definition) is 0. The summed E-state index contributed by atoms with van der Waals surface area (Å²) in [5.74, 6) is 2.71. The van der Waals surface area contributed by atoms with Crippen molar-refractivity contribution in [3.63, 3.8) is 0 Å². The summed E-state index contributed by atoms with van der Waals surface area (Å²) in [6.45, 7) is 2.39. The highest BCUT2D eigenvalue weighted by molar-refractivity contribution is 5.01. The Morgan fingerprint density at radius 2 is 1.92 bits per heavy atom. The van der Waals surface area contributed by atoms with E-state index < -0.39 is 0 Å². The van der Waals surface area contributed by atoms with Gasteiger partial charge in [0, 0.05) is 0 Å². The molecule has 3 unspecified atom stereocenters. The maximum absolute atomic E-state index is 2.44. The van der Waals surface area contributed by atoms with E-state index in [1.807, 2.05) is 0 Å². The molecule has 0 fully saturated rings. The van der Waals surface area contributed by atoms with Crippen molar-refractivity contribution in [1.29, 1.82) is 0 Å². The molecule has 0 spiro atoms. The largest absolute Gasteiger partial charge is 0.0883 e. The van der Waals surface area contributed by atoms with E-state index in [-0.39, 0.29) is 0 Å². The molecule has 0 nitrogen and oxygen atoms in total.